The Balaban J connectivity index is 2.09. The van der Waals surface area contributed by atoms with E-state index in [1.54, 1.807) is 13.8 Å². The summed E-state index contributed by atoms with van der Waals surface area (Å²) in [5.41, 5.74) is -0.594. The molecule has 3 atom stereocenters. The maximum atomic E-state index is 12.3. The third-order valence-electron chi connectivity index (χ3n) is 3.86. The fourth-order valence-electron chi connectivity index (χ4n) is 2.42. The highest BCUT2D eigenvalue weighted by Gasteiger charge is 2.52. The lowest BCUT2D eigenvalue weighted by Gasteiger charge is -2.39. The second-order valence-electron chi connectivity index (χ2n) is 6.49. The van der Waals surface area contributed by atoms with Gasteiger partial charge in [-0.1, -0.05) is 6.92 Å². The first kappa shape index (κ1) is 16.5. The summed E-state index contributed by atoms with van der Waals surface area (Å²) < 4.78 is 16.9. The Labute approximate surface area is 125 Å². The van der Waals surface area contributed by atoms with Crippen LogP contribution in [0.4, 0.5) is 4.79 Å². The summed E-state index contributed by atoms with van der Waals surface area (Å²) >= 11 is 0. The Morgan fingerprint density at radius 2 is 2.10 bits per heavy atom. The van der Waals surface area contributed by atoms with Gasteiger partial charge in [0, 0.05) is 0 Å². The molecule has 7 heteroatoms. The maximum Gasteiger partial charge on any atom is 0.434 e. The quantitative estimate of drug-likeness (QED) is 0.850. The monoisotopic (exact) mass is 303 g/mol. The van der Waals surface area contributed by atoms with Crippen LogP contribution in [-0.4, -0.2) is 59.1 Å². The van der Waals surface area contributed by atoms with Crippen molar-refractivity contribution in [3.8, 4) is 0 Å². The minimum absolute atomic E-state index is 0.187. The molecule has 2 heterocycles. The van der Waals surface area contributed by atoms with Crippen LogP contribution >= 0.6 is 0 Å². The number of hydroxylamine groups is 2. The number of ether oxygens (including phenoxy) is 3. The number of rotatable bonds is 3. The number of carbonyl (C=O) groups is 1. The van der Waals surface area contributed by atoms with Crippen LogP contribution in [-0.2, 0) is 19.0 Å². The van der Waals surface area contributed by atoms with Gasteiger partial charge in [-0.3, -0.25) is 4.84 Å². The highest BCUT2D eigenvalue weighted by Crippen LogP contribution is 2.35. The molecule has 0 saturated carbocycles. The molecule has 0 radical (unpaired) electrons. The van der Waals surface area contributed by atoms with Crippen molar-refractivity contribution in [3.63, 3.8) is 0 Å². The lowest BCUT2D eigenvalue weighted by Crippen LogP contribution is -2.58. The second-order valence-corrected chi connectivity index (χ2v) is 6.49. The summed E-state index contributed by atoms with van der Waals surface area (Å²) in [5, 5.41) is 10.7. The topological polar surface area (TPSA) is 77.5 Å². The van der Waals surface area contributed by atoms with Crippen molar-refractivity contribution in [2.45, 2.75) is 70.7 Å². The number of hydrogen-bond acceptors (Lipinski definition) is 6. The molecule has 0 aromatic heterocycles. The summed E-state index contributed by atoms with van der Waals surface area (Å²) in [5.74, 6) is -0.755. The number of amides is 1. The fraction of sp³-hybridized carbons (Fsp3) is 0.929. The number of aliphatic hydroxyl groups excluding tert-OH is 1. The molecule has 2 rings (SSSR count). The number of nitrogens with zero attached hydrogens (tertiary/aromatic N) is 1. The first-order chi connectivity index (χ1) is 9.69. The first-order valence-electron chi connectivity index (χ1n) is 7.31. The Morgan fingerprint density at radius 3 is 2.67 bits per heavy atom. The molecule has 7 nitrogen and oxygen atoms in total. The van der Waals surface area contributed by atoms with E-state index in [0.717, 1.165) is 5.06 Å². The average molecular weight is 303 g/mol. The van der Waals surface area contributed by atoms with Gasteiger partial charge in [0.15, 0.2) is 5.79 Å². The summed E-state index contributed by atoms with van der Waals surface area (Å²) in [6, 6.07) is -0.648. The van der Waals surface area contributed by atoms with Crippen molar-refractivity contribution in [2.75, 3.05) is 13.2 Å². The van der Waals surface area contributed by atoms with Crippen LogP contribution in [0.15, 0.2) is 0 Å². The summed E-state index contributed by atoms with van der Waals surface area (Å²) in [4.78, 5) is 17.7. The van der Waals surface area contributed by atoms with Crippen LogP contribution in [0.1, 0.15) is 41.0 Å². The molecule has 2 aliphatic heterocycles. The Morgan fingerprint density at radius 1 is 1.43 bits per heavy atom. The van der Waals surface area contributed by atoms with Crippen LogP contribution in [0, 0.1) is 0 Å². The molecular formula is C14H25NO6. The van der Waals surface area contributed by atoms with E-state index in [1.807, 2.05) is 20.8 Å². The van der Waals surface area contributed by atoms with Gasteiger partial charge in [0.1, 0.15) is 30.5 Å². The van der Waals surface area contributed by atoms with Gasteiger partial charge >= 0.3 is 6.09 Å². The van der Waals surface area contributed by atoms with E-state index in [-0.39, 0.29) is 19.3 Å². The number of aliphatic hydroxyl groups is 1. The molecule has 1 amide bonds. The van der Waals surface area contributed by atoms with Gasteiger partial charge in [0.25, 0.3) is 0 Å². The van der Waals surface area contributed by atoms with Crippen LogP contribution in [0.5, 0.6) is 0 Å². The van der Waals surface area contributed by atoms with Crippen molar-refractivity contribution >= 4 is 6.09 Å². The predicted octanol–water partition coefficient (Wildman–Crippen LogP) is 1.44. The van der Waals surface area contributed by atoms with Crippen molar-refractivity contribution in [2.24, 2.45) is 0 Å². The van der Waals surface area contributed by atoms with Gasteiger partial charge in [0.05, 0.1) is 6.61 Å². The van der Waals surface area contributed by atoms with E-state index in [1.165, 1.54) is 0 Å². The molecular weight excluding hydrogens is 278 g/mol. The SMILES string of the molecule is CCC(C)(C)OC(=O)N1OC[C@H]2OC(C)(C)O[C@H]2[C@@H]1CO. The maximum absolute atomic E-state index is 12.3. The number of hydrogen-bond donors (Lipinski definition) is 1. The van der Waals surface area contributed by atoms with Crippen LogP contribution in [0.3, 0.4) is 0 Å². The van der Waals surface area contributed by atoms with Gasteiger partial charge < -0.3 is 19.3 Å². The molecule has 2 saturated heterocycles. The van der Waals surface area contributed by atoms with Gasteiger partial charge in [-0.05, 0) is 34.1 Å². The lowest BCUT2D eigenvalue weighted by molar-refractivity contribution is -0.238. The molecule has 0 aromatic rings. The molecule has 1 N–H and O–H groups in total. The molecule has 2 fully saturated rings. The van der Waals surface area contributed by atoms with Gasteiger partial charge in [-0.15, -0.1) is 0 Å². The van der Waals surface area contributed by atoms with Crippen molar-refractivity contribution < 1.29 is 28.9 Å². The van der Waals surface area contributed by atoms with Crippen LogP contribution in [0.2, 0.25) is 0 Å². The van der Waals surface area contributed by atoms with E-state index in [2.05, 4.69) is 0 Å². The standard InChI is InChI=1S/C14H25NO6/c1-6-13(2,3)21-12(17)15-9(7-16)11-10(8-18-15)19-14(4,5)20-11/h9-11,16H,6-8H2,1-5H3/t9-,10+,11-/m0/s1. The predicted molar refractivity (Wildman–Crippen MR) is 73.3 cm³/mol. The zero-order valence-corrected chi connectivity index (χ0v) is 13.3. The molecule has 0 spiro atoms. The molecule has 0 aliphatic carbocycles. The second kappa shape index (κ2) is 5.72. The summed E-state index contributed by atoms with van der Waals surface area (Å²) in [6.45, 7) is 9.06. The Bertz CT molecular complexity index is 397. The zero-order valence-electron chi connectivity index (χ0n) is 13.3. The minimum Gasteiger partial charge on any atom is -0.442 e. The smallest absolute Gasteiger partial charge is 0.434 e. The van der Waals surface area contributed by atoms with Crippen LogP contribution < -0.4 is 0 Å². The van der Waals surface area contributed by atoms with E-state index in [4.69, 9.17) is 19.0 Å². The number of carbonyl (C=O) groups excluding carboxylic acids is 1. The molecule has 0 bridgehead atoms. The van der Waals surface area contributed by atoms with E-state index < -0.39 is 29.6 Å². The van der Waals surface area contributed by atoms with Crippen LogP contribution in [0.25, 0.3) is 0 Å². The summed E-state index contributed by atoms with van der Waals surface area (Å²) in [6.07, 6.45) is -0.682. The lowest BCUT2D eigenvalue weighted by atomic mass is 10.1. The number of fused-ring (bicyclic) bond motifs is 1. The zero-order chi connectivity index (χ0) is 15.8. The van der Waals surface area contributed by atoms with Gasteiger partial charge in [-0.25, -0.2) is 4.79 Å². The normalized spacial score (nSPS) is 31.9. The average Bonchev–Trinajstić information content (AvgIpc) is 2.70. The third-order valence-corrected chi connectivity index (χ3v) is 3.86. The molecule has 2 aliphatic rings. The van der Waals surface area contributed by atoms with Crippen molar-refractivity contribution in [3.05, 3.63) is 0 Å². The minimum atomic E-state index is -0.755. The van der Waals surface area contributed by atoms with E-state index in [0.29, 0.717) is 6.42 Å². The highest BCUT2D eigenvalue weighted by molar-refractivity contribution is 5.67. The molecule has 0 aromatic carbocycles. The van der Waals surface area contributed by atoms with E-state index >= 15 is 0 Å². The van der Waals surface area contributed by atoms with E-state index in [9.17, 15) is 9.90 Å². The Hall–Kier alpha value is -0.890. The third kappa shape index (κ3) is 3.48. The Kier molecular flexibility index (Phi) is 4.49. The van der Waals surface area contributed by atoms with Crippen molar-refractivity contribution in [1.82, 2.24) is 5.06 Å². The summed E-state index contributed by atoms with van der Waals surface area (Å²) in [7, 11) is 0. The molecule has 21 heavy (non-hydrogen) atoms. The van der Waals surface area contributed by atoms with Crippen molar-refractivity contribution in [1.29, 1.82) is 0 Å². The fourth-order valence-corrected chi connectivity index (χ4v) is 2.42. The largest absolute Gasteiger partial charge is 0.442 e. The van der Waals surface area contributed by atoms with Gasteiger partial charge in [-0.2, -0.15) is 5.06 Å². The highest BCUT2D eigenvalue weighted by atomic mass is 16.8. The van der Waals surface area contributed by atoms with Gasteiger partial charge in [0.2, 0.25) is 0 Å². The molecule has 122 valence electrons. The molecule has 0 unspecified atom stereocenters. The first-order valence-corrected chi connectivity index (χ1v) is 7.31.